The van der Waals surface area contributed by atoms with Crippen molar-refractivity contribution in [2.24, 2.45) is 11.8 Å². The molecule has 27 heavy (non-hydrogen) atoms. The van der Waals surface area contributed by atoms with Crippen LogP contribution in [-0.4, -0.2) is 0 Å². The van der Waals surface area contributed by atoms with Crippen molar-refractivity contribution in [2.75, 3.05) is 0 Å². The van der Waals surface area contributed by atoms with Gasteiger partial charge in [-0.05, 0) is 90.7 Å². The Morgan fingerprint density at radius 2 is 1.74 bits per heavy atom. The largest absolute Gasteiger partial charge is 0.207 e. The molecule has 1 fully saturated rings. The van der Waals surface area contributed by atoms with Gasteiger partial charge in [0, 0.05) is 6.07 Å². The fourth-order valence-corrected chi connectivity index (χ4v) is 5.34. The SMILES string of the molecule is CCC=CC1CCC2c3cc(F)cc(F)c3CCC2C1c1ccc(F)cc1. The molecule has 0 bridgehead atoms. The van der Waals surface area contributed by atoms with Crippen LogP contribution in [0.3, 0.4) is 0 Å². The molecular formula is C24H25F3. The first-order valence-corrected chi connectivity index (χ1v) is 9.98. The molecule has 0 heterocycles. The zero-order valence-corrected chi connectivity index (χ0v) is 15.6. The molecule has 0 saturated heterocycles. The van der Waals surface area contributed by atoms with Crippen molar-refractivity contribution in [1.29, 1.82) is 0 Å². The van der Waals surface area contributed by atoms with E-state index in [-0.39, 0.29) is 17.7 Å². The van der Waals surface area contributed by atoms with Crippen molar-refractivity contribution >= 4 is 0 Å². The first-order valence-electron chi connectivity index (χ1n) is 9.98. The Morgan fingerprint density at radius 3 is 2.48 bits per heavy atom. The first-order chi connectivity index (χ1) is 13.1. The summed E-state index contributed by atoms with van der Waals surface area (Å²) in [5.41, 5.74) is 2.68. The van der Waals surface area contributed by atoms with Crippen LogP contribution in [0.1, 0.15) is 61.1 Å². The average Bonchev–Trinajstić information content (AvgIpc) is 2.66. The van der Waals surface area contributed by atoms with E-state index < -0.39 is 11.6 Å². The van der Waals surface area contributed by atoms with E-state index in [0.29, 0.717) is 23.8 Å². The van der Waals surface area contributed by atoms with Crippen LogP contribution in [-0.2, 0) is 6.42 Å². The van der Waals surface area contributed by atoms with E-state index in [4.69, 9.17) is 0 Å². The molecule has 1 saturated carbocycles. The van der Waals surface area contributed by atoms with Gasteiger partial charge in [-0.25, -0.2) is 13.2 Å². The second-order valence-corrected chi connectivity index (χ2v) is 7.92. The van der Waals surface area contributed by atoms with Gasteiger partial charge < -0.3 is 0 Å². The number of halogens is 3. The maximum Gasteiger partial charge on any atom is 0.129 e. The molecule has 4 rings (SSSR count). The highest BCUT2D eigenvalue weighted by molar-refractivity contribution is 5.38. The van der Waals surface area contributed by atoms with Crippen LogP contribution in [0.25, 0.3) is 0 Å². The number of hydrogen-bond donors (Lipinski definition) is 0. The van der Waals surface area contributed by atoms with Crippen molar-refractivity contribution in [3.05, 3.63) is 82.7 Å². The maximum absolute atomic E-state index is 14.3. The van der Waals surface area contributed by atoms with Gasteiger partial charge >= 0.3 is 0 Å². The van der Waals surface area contributed by atoms with E-state index in [0.717, 1.165) is 42.9 Å². The van der Waals surface area contributed by atoms with Crippen LogP contribution < -0.4 is 0 Å². The standard InChI is InChI=1S/C24H25F3/c1-2-3-4-15-7-10-19-21(24(15)16-5-8-17(25)9-6-16)12-11-20-22(19)13-18(26)14-23(20)27/h3-6,8-9,13-15,19,21,24H,2,7,10-12H2,1H3. The van der Waals surface area contributed by atoms with Crippen LogP contribution in [0.5, 0.6) is 0 Å². The second kappa shape index (κ2) is 7.53. The Kier molecular flexibility index (Phi) is 5.12. The van der Waals surface area contributed by atoms with E-state index in [1.165, 1.54) is 12.1 Å². The van der Waals surface area contributed by atoms with E-state index in [2.05, 4.69) is 19.1 Å². The van der Waals surface area contributed by atoms with Gasteiger partial charge in [-0.1, -0.05) is 31.2 Å². The molecule has 0 radical (unpaired) electrons. The van der Waals surface area contributed by atoms with Crippen LogP contribution in [0.4, 0.5) is 13.2 Å². The second-order valence-electron chi connectivity index (χ2n) is 7.92. The molecule has 0 aromatic heterocycles. The molecule has 2 aromatic rings. The van der Waals surface area contributed by atoms with Gasteiger partial charge in [-0.3, -0.25) is 0 Å². The number of hydrogen-bond acceptors (Lipinski definition) is 0. The third-order valence-corrected chi connectivity index (χ3v) is 6.45. The zero-order valence-electron chi connectivity index (χ0n) is 15.6. The van der Waals surface area contributed by atoms with Crippen molar-refractivity contribution in [3.63, 3.8) is 0 Å². The summed E-state index contributed by atoms with van der Waals surface area (Å²) in [6, 6.07) is 9.37. The van der Waals surface area contributed by atoms with Crippen molar-refractivity contribution < 1.29 is 13.2 Å². The predicted octanol–water partition coefficient (Wildman–Crippen LogP) is 6.91. The third kappa shape index (κ3) is 3.44. The third-order valence-electron chi connectivity index (χ3n) is 6.45. The number of rotatable bonds is 3. The zero-order chi connectivity index (χ0) is 19.0. The minimum Gasteiger partial charge on any atom is -0.207 e. The summed E-state index contributed by atoms with van der Waals surface area (Å²) in [6.45, 7) is 2.12. The van der Waals surface area contributed by atoms with E-state index in [9.17, 15) is 13.2 Å². The van der Waals surface area contributed by atoms with E-state index in [1.54, 1.807) is 6.07 Å². The summed E-state index contributed by atoms with van der Waals surface area (Å²) < 4.78 is 41.7. The summed E-state index contributed by atoms with van der Waals surface area (Å²) in [5.74, 6) is 0.00542. The first kappa shape index (κ1) is 18.3. The summed E-state index contributed by atoms with van der Waals surface area (Å²) in [7, 11) is 0. The molecule has 4 unspecified atom stereocenters. The summed E-state index contributed by atoms with van der Waals surface area (Å²) in [5, 5.41) is 0. The Bertz CT molecular complexity index is 837. The summed E-state index contributed by atoms with van der Waals surface area (Å²) >= 11 is 0. The highest BCUT2D eigenvalue weighted by atomic mass is 19.1. The van der Waals surface area contributed by atoms with E-state index in [1.807, 2.05) is 12.1 Å². The fourth-order valence-electron chi connectivity index (χ4n) is 5.34. The van der Waals surface area contributed by atoms with Crippen LogP contribution in [0, 0.1) is 29.3 Å². The molecule has 3 heteroatoms. The molecule has 2 aromatic carbocycles. The monoisotopic (exact) mass is 370 g/mol. The lowest BCUT2D eigenvalue weighted by Crippen LogP contribution is -2.35. The van der Waals surface area contributed by atoms with Crippen molar-refractivity contribution in [2.45, 2.75) is 50.9 Å². The molecule has 2 aliphatic rings. The van der Waals surface area contributed by atoms with E-state index >= 15 is 0 Å². The molecule has 0 spiro atoms. The van der Waals surface area contributed by atoms with Crippen LogP contribution in [0.15, 0.2) is 48.6 Å². The molecule has 2 aliphatic carbocycles. The van der Waals surface area contributed by atoms with Gasteiger partial charge in [0.2, 0.25) is 0 Å². The van der Waals surface area contributed by atoms with Gasteiger partial charge in [0.25, 0.3) is 0 Å². The Balaban J connectivity index is 1.75. The fraction of sp³-hybridized carbons (Fsp3) is 0.417. The lowest BCUT2D eigenvalue weighted by atomic mass is 9.58. The van der Waals surface area contributed by atoms with Gasteiger partial charge in [0.05, 0.1) is 0 Å². The van der Waals surface area contributed by atoms with Crippen molar-refractivity contribution in [1.82, 2.24) is 0 Å². The quantitative estimate of drug-likeness (QED) is 0.515. The van der Waals surface area contributed by atoms with Gasteiger partial charge in [-0.2, -0.15) is 0 Å². The number of allylic oxidation sites excluding steroid dienone is 2. The molecule has 0 nitrogen and oxygen atoms in total. The number of benzene rings is 2. The highest BCUT2D eigenvalue weighted by Gasteiger charge is 2.42. The highest BCUT2D eigenvalue weighted by Crippen LogP contribution is 2.54. The lowest BCUT2D eigenvalue weighted by Gasteiger charge is -2.46. The maximum atomic E-state index is 14.3. The molecule has 0 N–H and O–H groups in total. The van der Waals surface area contributed by atoms with Crippen molar-refractivity contribution in [3.8, 4) is 0 Å². The molecule has 0 aliphatic heterocycles. The normalized spacial score (nSPS) is 27.4. The Labute approximate surface area is 159 Å². The molecule has 142 valence electrons. The molecule has 0 amide bonds. The predicted molar refractivity (Wildman–Crippen MR) is 102 cm³/mol. The van der Waals surface area contributed by atoms with Gasteiger partial charge in [-0.15, -0.1) is 0 Å². The Hall–Kier alpha value is -2.03. The number of fused-ring (bicyclic) bond motifs is 3. The molecular weight excluding hydrogens is 345 g/mol. The Morgan fingerprint density at radius 1 is 0.963 bits per heavy atom. The van der Waals surface area contributed by atoms with Crippen LogP contribution in [0.2, 0.25) is 0 Å². The van der Waals surface area contributed by atoms with Crippen LogP contribution >= 0.6 is 0 Å². The topological polar surface area (TPSA) is 0 Å². The minimum atomic E-state index is -0.488. The van der Waals surface area contributed by atoms with Gasteiger partial charge in [0.1, 0.15) is 17.5 Å². The smallest absolute Gasteiger partial charge is 0.129 e. The summed E-state index contributed by atoms with van der Waals surface area (Å²) in [6.07, 6.45) is 8.95. The molecule has 4 atom stereocenters. The average molecular weight is 370 g/mol. The lowest BCUT2D eigenvalue weighted by molar-refractivity contribution is 0.193. The minimum absolute atomic E-state index is 0.167. The van der Waals surface area contributed by atoms with Gasteiger partial charge in [0.15, 0.2) is 0 Å². The summed E-state index contributed by atoms with van der Waals surface area (Å²) in [4.78, 5) is 0.